The van der Waals surface area contributed by atoms with Gasteiger partial charge in [0.05, 0.1) is 0 Å². The minimum Gasteiger partial charge on any atom is -0.343 e. The van der Waals surface area contributed by atoms with Gasteiger partial charge in [0.25, 0.3) is 0 Å². The number of nitrogens with zero attached hydrogens (tertiary/aromatic N) is 2. The molecule has 0 aliphatic heterocycles. The fourth-order valence-corrected chi connectivity index (χ4v) is 2.68. The fraction of sp³-hybridized carbons (Fsp3) is 0.467. The van der Waals surface area contributed by atoms with E-state index >= 15 is 0 Å². The van der Waals surface area contributed by atoms with E-state index in [0.717, 1.165) is 18.8 Å². The highest BCUT2D eigenvalue weighted by Gasteiger charge is 2.13. The lowest BCUT2D eigenvalue weighted by molar-refractivity contribution is 0.408. The molecule has 4 heteroatoms. The van der Waals surface area contributed by atoms with Crippen molar-refractivity contribution in [2.45, 2.75) is 38.6 Å². The monoisotopic (exact) mass is 257 g/mol. The molecular formula is C15H19N3O. The summed E-state index contributed by atoms with van der Waals surface area (Å²) in [6.07, 6.45) is 5.96. The van der Waals surface area contributed by atoms with Gasteiger partial charge in [0, 0.05) is 19.0 Å². The lowest BCUT2D eigenvalue weighted by Crippen LogP contribution is -2.21. The molecule has 100 valence electrons. The van der Waals surface area contributed by atoms with Gasteiger partial charge in [-0.3, -0.25) is 0 Å². The van der Waals surface area contributed by atoms with Crippen LogP contribution in [0.3, 0.4) is 0 Å². The highest BCUT2D eigenvalue weighted by molar-refractivity contribution is 5.36. The minimum atomic E-state index is 0.359. The van der Waals surface area contributed by atoms with E-state index in [1.807, 2.05) is 0 Å². The lowest BCUT2D eigenvalue weighted by atomic mass is 10.0. The van der Waals surface area contributed by atoms with Crippen LogP contribution < -0.4 is 5.32 Å². The summed E-state index contributed by atoms with van der Waals surface area (Å²) >= 11 is 0. The Hall–Kier alpha value is -1.68. The van der Waals surface area contributed by atoms with Crippen LogP contribution in [-0.4, -0.2) is 16.7 Å². The Labute approximate surface area is 113 Å². The van der Waals surface area contributed by atoms with Gasteiger partial charge >= 0.3 is 0 Å². The first-order chi connectivity index (χ1) is 9.33. The van der Waals surface area contributed by atoms with E-state index in [9.17, 15) is 0 Å². The van der Waals surface area contributed by atoms with Gasteiger partial charge in [-0.15, -0.1) is 0 Å². The molecule has 0 saturated carbocycles. The van der Waals surface area contributed by atoms with E-state index in [2.05, 4.69) is 40.6 Å². The van der Waals surface area contributed by atoms with Gasteiger partial charge in [0.15, 0.2) is 5.82 Å². The maximum absolute atomic E-state index is 4.72. The van der Waals surface area contributed by atoms with Crippen LogP contribution in [-0.2, 0) is 19.3 Å². The third-order valence-electron chi connectivity index (χ3n) is 3.83. The average molecular weight is 257 g/mol. The summed E-state index contributed by atoms with van der Waals surface area (Å²) < 4.78 is 4.72. The number of hydrogen-bond acceptors (Lipinski definition) is 4. The van der Waals surface area contributed by atoms with Crippen molar-refractivity contribution in [3.63, 3.8) is 0 Å². The first-order valence-electron chi connectivity index (χ1n) is 6.93. The molecule has 0 fully saturated rings. The Kier molecular flexibility index (Phi) is 3.60. The van der Waals surface area contributed by atoms with Crippen molar-refractivity contribution >= 4 is 0 Å². The molecule has 1 atom stereocenters. The van der Waals surface area contributed by atoms with Crippen molar-refractivity contribution in [2.75, 3.05) is 6.54 Å². The molecule has 19 heavy (non-hydrogen) atoms. The molecule has 1 aliphatic rings. The van der Waals surface area contributed by atoms with Crippen molar-refractivity contribution in [2.24, 2.45) is 0 Å². The molecule has 1 aliphatic carbocycles. The summed E-state index contributed by atoms with van der Waals surface area (Å²) in [4.78, 5) is 4.02. The van der Waals surface area contributed by atoms with Crippen LogP contribution in [0.4, 0.5) is 0 Å². The number of fused-ring (bicyclic) bond motifs is 1. The number of aryl methyl sites for hydroxylation is 2. The second-order valence-corrected chi connectivity index (χ2v) is 5.15. The smallest absolute Gasteiger partial charge is 0.213 e. The summed E-state index contributed by atoms with van der Waals surface area (Å²) in [6.45, 7) is 3.06. The molecule has 0 spiro atoms. The summed E-state index contributed by atoms with van der Waals surface area (Å²) in [5.41, 5.74) is 4.43. The maximum atomic E-state index is 4.72. The summed E-state index contributed by atoms with van der Waals surface area (Å²) in [5.74, 6) is 0.758. The predicted octanol–water partition coefficient (Wildman–Crippen LogP) is 2.45. The van der Waals surface area contributed by atoms with Crippen LogP contribution in [0.25, 0.3) is 0 Å². The molecule has 1 unspecified atom stereocenters. The SMILES string of the molecule is CC(NCCc1ncon1)c1ccc2c(c1)CCC2. The van der Waals surface area contributed by atoms with Gasteiger partial charge in [0.2, 0.25) is 6.39 Å². The summed E-state index contributed by atoms with van der Waals surface area (Å²) in [5, 5.41) is 7.31. The summed E-state index contributed by atoms with van der Waals surface area (Å²) in [6, 6.07) is 7.25. The van der Waals surface area contributed by atoms with Gasteiger partial charge in [0.1, 0.15) is 0 Å². The topological polar surface area (TPSA) is 51.0 Å². The van der Waals surface area contributed by atoms with Crippen molar-refractivity contribution in [3.8, 4) is 0 Å². The fourth-order valence-electron chi connectivity index (χ4n) is 2.68. The standard InChI is InChI=1S/C15H19N3O/c1-11(16-8-7-15-17-10-19-18-15)13-6-5-12-3-2-4-14(12)9-13/h5-6,9-11,16H,2-4,7-8H2,1H3. The molecular weight excluding hydrogens is 238 g/mol. The van der Waals surface area contributed by atoms with Crippen LogP contribution in [0, 0.1) is 0 Å². The van der Waals surface area contributed by atoms with Crippen LogP contribution in [0.15, 0.2) is 29.1 Å². The molecule has 1 aromatic heterocycles. The first-order valence-corrected chi connectivity index (χ1v) is 6.93. The average Bonchev–Trinajstić information content (AvgIpc) is 3.08. The van der Waals surface area contributed by atoms with E-state index < -0.39 is 0 Å². The zero-order valence-corrected chi connectivity index (χ0v) is 11.2. The van der Waals surface area contributed by atoms with Gasteiger partial charge in [-0.2, -0.15) is 4.98 Å². The normalized spacial score (nSPS) is 15.4. The second kappa shape index (κ2) is 5.53. The van der Waals surface area contributed by atoms with E-state index in [1.54, 1.807) is 0 Å². The van der Waals surface area contributed by atoms with Crippen LogP contribution in [0.1, 0.15) is 41.9 Å². The second-order valence-electron chi connectivity index (χ2n) is 5.15. The van der Waals surface area contributed by atoms with Crippen LogP contribution >= 0.6 is 0 Å². The van der Waals surface area contributed by atoms with E-state index in [4.69, 9.17) is 4.52 Å². The zero-order chi connectivity index (χ0) is 13.1. The Bertz CT molecular complexity index is 536. The van der Waals surface area contributed by atoms with Crippen LogP contribution in [0.5, 0.6) is 0 Å². The number of nitrogens with one attached hydrogen (secondary N) is 1. The molecule has 2 aromatic rings. The first kappa shape index (κ1) is 12.4. The van der Waals surface area contributed by atoms with Crippen molar-refractivity contribution < 1.29 is 4.52 Å². The van der Waals surface area contributed by atoms with Gasteiger partial charge in [-0.25, -0.2) is 0 Å². The minimum absolute atomic E-state index is 0.359. The van der Waals surface area contributed by atoms with Gasteiger partial charge < -0.3 is 9.84 Å². The number of rotatable bonds is 5. The van der Waals surface area contributed by atoms with Crippen molar-refractivity contribution in [1.82, 2.24) is 15.5 Å². The lowest BCUT2D eigenvalue weighted by Gasteiger charge is -2.15. The Morgan fingerprint density at radius 3 is 3.05 bits per heavy atom. The quantitative estimate of drug-likeness (QED) is 0.894. The highest BCUT2D eigenvalue weighted by Crippen LogP contribution is 2.25. The molecule has 1 N–H and O–H groups in total. The molecule has 1 heterocycles. The molecule has 0 amide bonds. The molecule has 0 saturated heterocycles. The molecule has 4 nitrogen and oxygen atoms in total. The molecule has 0 radical (unpaired) electrons. The molecule has 3 rings (SSSR count). The van der Waals surface area contributed by atoms with E-state index in [-0.39, 0.29) is 0 Å². The predicted molar refractivity (Wildman–Crippen MR) is 72.9 cm³/mol. The maximum Gasteiger partial charge on any atom is 0.213 e. The Morgan fingerprint density at radius 1 is 1.32 bits per heavy atom. The van der Waals surface area contributed by atoms with Gasteiger partial charge in [-0.05, 0) is 42.9 Å². The summed E-state index contributed by atoms with van der Waals surface area (Å²) in [7, 11) is 0. The van der Waals surface area contributed by atoms with E-state index in [0.29, 0.717) is 6.04 Å². The van der Waals surface area contributed by atoms with Crippen molar-refractivity contribution in [1.29, 1.82) is 0 Å². The third kappa shape index (κ3) is 2.84. The highest BCUT2D eigenvalue weighted by atomic mass is 16.5. The molecule has 1 aromatic carbocycles. The largest absolute Gasteiger partial charge is 0.343 e. The van der Waals surface area contributed by atoms with Gasteiger partial charge in [-0.1, -0.05) is 23.4 Å². The van der Waals surface area contributed by atoms with E-state index in [1.165, 1.54) is 42.3 Å². The number of benzene rings is 1. The zero-order valence-electron chi connectivity index (χ0n) is 11.2. The molecule has 0 bridgehead atoms. The number of aromatic nitrogens is 2. The number of hydrogen-bond donors (Lipinski definition) is 1. The van der Waals surface area contributed by atoms with Crippen LogP contribution in [0.2, 0.25) is 0 Å². The Morgan fingerprint density at radius 2 is 2.21 bits per heavy atom. The third-order valence-corrected chi connectivity index (χ3v) is 3.83. The Balaban J connectivity index is 1.56. The van der Waals surface area contributed by atoms with Crippen molar-refractivity contribution in [3.05, 3.63) is 47.1 Å².